The Kier molecular flexibility index (Phi) is 17.0. The van der Waals surface area contributed by atoms with E-state index in [4.69, 9.17) is 33.7 Å². The molecule has 0 unspecified atom stereocenters. The minimum Gasteiger partial charge on any atom is -0.490 e. The lowest BCUT2D eigenvalue weighted by atomic mass is 9.55. The number of aliphatic hydroxyl groups excluding tert-OH is 2. The van der Waals surface area contributed by atoms with Gasteiger partial charge in [-0.15, -0.1) is 6.58 Å². The van der Waals surface area contributed by atoms with Gasteiger partial charge >= 0.3 is 6.09 Å². The number of hydrogen-bond donors (Lipinski definition) is 2. The van der Waals surface area contributed by atoms with Crippen LogP contribution in [0.2, 0.25) is 0 Å². The van der Waals surface area contributed by atoms with Gasteiger partial charge in [0.15, 0.2) is 0 Å². The predicted octanol–water partition coefficient (Wildman–Crippen LogP) is 8.90. The number of halogens is 1. The highest BCUT2D eigenvalue weighted by Gasteiger charge is 2.65. The number of hydrogen-bond acceptors (Lipinski definition) is 10. The summed E-state index contributed by atoms with van der Waals surface area (Å²) in [5, 5.41) is 24.5. The fourth-order valence-corrected chi connectivity index (χ4v) is 9.16. The third-order valence-electron chi connectivity index (χ3n) is 11.8. The molecule has 11 nitrogen and oxygen atoms in total. The van der Waals surface area contributed by atoms with E-state index in [0.29, 0.717) is 55.4 Å². The van der Waals surface area contributed by atoms with Gasteiger partial charge in [-0.25, -0.2) is 9.18 Å². The second-order valence-corrected chi connectivity index (χ2v) is 15.7. The number of carbonyl (C=O) groups excluding carboxylic acids is 1. The summed E-state index contributed by atoms with van der Waals surface area (Å²) < 4.78 is 46.6. The molecule has 0 radical (unpaired) electrons. The number of fused-ring (bicyclic) bond motifs is 2. The summed E-state index contributed by atoms with van der Waals surface area (Å²) >= 11 is 0. The zero-order chi connectivity index (χ0) is 43.0. The smallest absolute Gasteiger partial charge is 0.410 e. The number of rotatable bonds is 24. The average Bonchev–Trinajstić information content (AvgIpc) is 3.28. The van der Waals surface area contributed by atoms with Crippen molar-refractivity contribution < 1.29 is 47.9 Å². The number of allylic oxidation sites excluding steroid dienone is 1. The number of unbranched alkanes of at least 4 members (excludes halogenated alkanes) is 2. The molecule has 3 aliphatic rings. The van der Waals surface area contributed by atoms with Crippen molar-refractivity contribution in [3.8, 4) is 11.5 Å². The molecule has 1 aliphatic heterocycles. The molecule has 0 saturated heterocycles. The van der Waals surface area contributed by atoms with Gasteiger partial charge in [-0.05, 0) is 91.5 Å². The maximum Gasteiger partial charge on any atom is 0.410 e. The van der Waals surface area contributed by atoms with Crippen LogP contribution < -0.4 is 9.47 Å². The first kappa shape index (κ1) is 45.5. The van der Waals surface area contributed by atoms with Crippen LogP contribution in [0.4, 0.5) is 9.18 Å². The number of ether oxygens (including phenoxy) is 5. The van der Waals surface area contributed by atoms with Gasteiger partial charge in [0, 0.05) is 37.7 Å². The number of benzene rings is 3. The van der Waals surface area contributed by atoms with E-state index in [1.54, 1.807) is 29.2 Å². The van der Waals surface area contributed by atoms with Crippen LogP contribution in [-0.2, 0) is 32.2 Å². The van der Waals surface area contributed by atoms with Gasteiger partial charge in [0.1, 0.15) is 43.2 Å². The van der Waals surface area contributed by atoms with Crippen molar-refractivity contribution >= 4 is 11.8 Å². The Morgan fingerprint density at radius 2 is 1.70 bits per heavy atom. The number of amides is 1. The normalized spacial score (nSPS) is 23.2. The molecule has 1 heterocycles. The molecule has 0 aromatic heterocycles. The molecule has 3 aromatic carbocycles. The highest BCUT2D eigenvalue weighted by molar-refractivity contribution is 6.03. The monoisotopic (exact) mass is 840 g/mol. The van der Waals surface area contributed by atoms with Crippen LogP contribution in [0.5, 0.6) is 11.5 Å². The van der Waals surface area contributed by atoms with Crippen molar-refractivity contribution in [2.45, 2.75) is 82.8 Å². The first-order chi connectivity index (χ1) is 29.9. The Hall–Kier alpha value is -5.01. The number of oxime groups is 1. The molecule has 6 rings (SSSR count). The highest BCUT2D eigenvalue weighted by atomic mass is 19.1. The summed E-state index contributed by atoms with van der Waals surface area (Å²) in [7, 11) is 0. The van der Waals surface area contributed by atoms with Crippen LogP contribution in [-0.4, -0.2) is 85.0 Å². The van der Waals surface area contributed by atoms with Gasteiger partial charge in [-0.3, -0.25) is 4.90 Å². The molecule has 6 atom stereocenters. The fraction of sp³-hybridized carbons (Fsp3) is 0.469. The van der Waals surface area contributed by atoms with Gasteiger partial charge in [0.25, 0.3) is 0 Å². The average molecular weight is 841 g/mol. The standard InChI is InChI=1S/C49H61FN2O9/c1-4-26-57-39-22-23-44-42(31-39)46-40(17-11-13-25-54)37(16-10-12-24-53)30-41-43(51-60-6-3)32-45(49(61-44,47(41)46)59-27-5-2)52(33-35-18-20-38(50)21-19-35)48(55)58-29-28-56-34-36-14-8-7-9-15-36/h4-5,7-9,14-15,18-23,30-31,37,40,45-47,53-54H,1-2,6,10-13,16-17,24-29,32-34H2,3H3/t37-,40+,45-,46+,47+,49+/m0/s1. The molecule has 1 amide bonds. The predicted molar refractivity (Wildman–Crippen MR) is 232 cm³/mol. The largest absolute Gasteiger partial charge is 0.490 e. The third-order valence-corrected chi connectivity index (χ3v) is 11.8. The quantitative estimate of drug-likeness (QED) is 0.0517. The molecular weight excluding hydrogens is 780 g/mol. The van der Waals surface area contributed by atoms with Crippen LogP contribution in [0.1, 0.15) is 74.5 Å². The Balaban J connectivity index is 1.50. The van der Waals surface area contributed by atoms with Crippen LogP contribution in [0.3, 0.4) is 0 Å². The first-order valence-corrected chi connectivity index (χ1v) is 21.6. The Labute approximate surface area is 359 Å². The van der Waals surface area contributed by atoms with E-state index in [0.717, 1.165) is 42.4 Å². The summed E-state index contributed by atoms with van der Waals surface area (Å²) in [6.07, 6.45) is 9.74. The lowest BCUT2D eigenvalue weighted by Gasteiger charge is -2.59. The van der Waals surface area contributed by atoms with E-state index in [1.165, 1.54) is 12.1 Å². The van der Waals surface area contributed by atoms with Gasteiger partial charge in [0.05, 0.1) is 31.5 Å². The molecule has 1 saturated carbocycles. The highest BCUT2D eigenvalue weighted by Crippen LogP contribution is 2.62. The molecule has 1 fully saturated rings. The van der Waals surface area contributed by atoms with Crippen LogP contribution in [0.15, 0.2) is 115 Å². The molecule has 0 spiro atoms. The van der Waals surface area contributed by atoms with Crippen molar-refractivity contribution in [1.82, 2.24) is 4.90 Å². The van der Waals surface area contributed by atoms with E-state index in [1.807, 2.05) is 55.5 Å². The first-order valence-electron chi connectivity index (χ1n) is 21.6. The van der Waals surface area contributed by atoms with Crippen molar-refractivity contribution in [2.24, 2.45) is 22.9 Å². The Morgan fingerprint density at radius 1 is 0.951 bits per heavy atom. The maximum atomic E-state index is 14.7. The molecule has 61 heavy (non-hydrogen) atoms. The molecule has 328 valence electrons. The summed E-state index contributed by atoms with van der Waals surface area (Å²) in [6, 6.07) is 20.8. The summed E-state index contributed by atoms with van der Waals surface area (Å²) in [6.45, 7) is 11.2. The molecular formula is C49H61FN2O9. The summed E-state index contributed by atoms with van der Waals surface area (Å²) in [5.74, 6) is -1.28. The van der Waals surface area contributed by atoms with Gasteiger partial charge in [-0.1, -0.05) is 85.3 Å². The molecule has 2 aliphatic carbocycles. The molecule has 2 N–H and O–H groups in total. The Bertz CT molecular complexity index is 1940. The van der Waals surface area contributed by atoms with Gasteiger partial charge in [-0.2, -0.15) is 0 Å². The minimum absolute atomic E-state index is 0.0183. The zero-order valence-corrected chi connectivity index (χ0v) is 35.3. The summed E-state index contributed by atoms with van der Waals surface area (Å²) in [5.41, 5.74) is 4.19. The number of carbonyl (C=O) groups is 1. The van der Waals surface area contributed by atoms with Gasteiger partial charge in [0.2, 0.25) is 5.79 Å². The fourth-order valence-electron chi connectivity index (χ4n) is 9.16. The van der Waals surface area contributed by atoms with E-state index < -0.39 is 29.7 Å². The number of aliphatic hydroxyl groups is 2. The third kappa shape index (κ3) is 11.1. The molecule has 3 aromatic rings. The van der Waals surface area contributed by atoms with Crippen molar-refractivity contribution in [1.29, 1.82) is 0 Å². The SMILES string of the molecule is C=CCOc1ccc2c(c1)[C@H]1[C@H](CCCCO)[C@@H](CCCCO)C=C3C(=NOCC)C[C@H](N(Cc4ccc(F)cc4)C(=O)OCCOCc4ccccc4)[C@@](OCC=C)(O2)[C@H]31. The van der Waals surface area contributed by atoms with E-state index in [2.05, 4.69) is 19.2 Å². The van der Waals surface area contributed by atoms with E-state index in [9.17, 15) is 19.4 Å². The lowest BCUT2D eigenvalue weighted by molar-refractivity contribution is -0.256. The molecule has 0 bridgehead atoms. The van der Waals surface area contributed by atoms with E-state index >= 15 is 0 Å². The minimum atomic E-state index is -1.50. The van der Waals surface area contributed by atoms with Crippen LogP contribution in [0.25, 0.3) is 0 Å². The van der Waals surface area contributed by atoms with Crippen molar-refractivity contribution in [3.05, 3.63) is 132 Å². The second kappa shape index (κ2) is 22.7. The van der Waals surface area contributed by atoms with Crippen LogP contribution in [0, 0.1) is 23.6 Å². The Morgan fingerprint density at radius 3 is 2.43 bits per heavy atom. The van der Waals surface area contributed by atoms with Crippen molar-refractivity contribution in [3.63, 3.8) is 0 Å². The van der Waals surface area contributed by atoms with E-state index in [-0.39, 0.29) is 63.8 Å². The summed E-state index contributed by atoms with van der Waals surface area (Å²) in [4.78, 5) is 22.2. The topological polar surface area (TPSA) is 129 Å². The van der Waals surface area contributed by atoms with Crippen LogP contribution >= 0.6 is 0 Å². The number of nitrogens with zero attached hydrogens (tertiary/aromatic N) is 2. The zero-order valence-electron chi connectivity index (χ0n) is 35.3. The second-order valence-electron chi connectivity index (χ2n) is 15.7. The molecule has 12 heteroatoms. The van der Waals surface area contributed by atoms with Crippen molar-refractivity contribution in [2.75, 3.05) is 46.2 Å². The van der Waals surface area contributed by atoms with Gasteiger partial charge < -0.3 is 38.7 Å². The maximum absolute atomic E-state index is 14.7. The lowest BCUT2D eigenvalue weighted by Crippen LogP contribution is -2.70.